The quantitative estimate of drug-likeness (QED) is 0.483. The maximum atomic E-state index is 12.3. The summed E-state index contributed by atoms with van der Waals surface area (Å²) >= 11 is 0. The average Bonchev–Trinajstić information content (AvgIpc) is 2.74. The lowest BCUT2D eigenvalue weighted by molar-refractivity contribution is 0.0962. The van der Waals surface area contributed by atoms with Gasteiger partial charge in [-0.3, -0.25) is 20.5 Å². The zero-order valence-electron chi connectivity index (χ0n) is 15.8. The minimum absolute atomic E-state index is 0.150. The lowest BCUT2D eigenvalue weighted by Crippen LogP contribution is -2.47. The van der Waals surface area contributed by atoms with Gasteiger partial charge in [-0.1, -0.05) is 0 Å². The average molecular weight is 387 g/mol. The number of nitrogen functional groups attached to an aromatic ring is 1. The van der Waals surface area contributed by atoms with Gasteiger partial charge >= 0.3 is 0 Å². The van der Waals surface area contributed by atoms with E-state index in [1.807, 2.05) is 0 Å². The molecule has 0 atom stereocenters. The molecule has 0 unspecified atom stereocenters. The molecule has 0 radical (unpaired) electrons. The van der Waals surface area contributed by atoms with Crippen molar-refractivity contribution in [3.8, 4) is 5.75 Å². The van der Waals surface area contributed by atoms with Crippen LogP contribution in [-0.2, 0) is 0 Å². The highest BCUT2D eigenvalue weighted by molar-refractivity contribution is 5.95. The summed E-state index contributed by atoms with van der Waals surface area (Å²) in [6.45, 7) is 3.95. The summed E-state index contributed by atoms with van der Waals surface area (Å²) in [6.07, 6.45) is 1.41. The van der Waals surface area contributed by atoms with Gasteiger partial charge in [0.1, 0.15) is 17.8 Å². The van der Waals surface area contributed by atoms with E-state index in [1.165, 1.54) is 6.33 Å². The third kappa shape index (κ3) is 4.59. The van der Waals surface area contributed by atoms with Crippen LogP contribution < -0.4 is 26.2 Å². The minimum Gasteiger partial charge on any atom is -0.497 e. The molecule has 1 fully saturated rings. The van der Waals surface area contributed by atoms with Crippen LogP contribution in [0.4, 0.5) is 17.3 Å². The number of nitrogens with one attached hydrogen (secondary N) is 2. The molecule has 2 heterocycles. The Hall–Kier alpha value is -3.11. The molecule has 1 aliphatic rings. The first-order valence-corrected chi connectivity index (χ1v) is 9.01. The van der Waals surface area contributed by atoms with Crippen molar-refractivity contribution < 1.29 is 14.6 Å². The Morgan fingerprint density at radius 3 is 2.57 bits per heavy atom. The molecular formula is C18H25N7O3. The maximum absolute atomic E-state index is 12.3. The molecule has 3 rings (SSSR count). The van der Waals surface area contributed by atoms with Crippen molar-refractivity contribution in [3.63, 3.8) is 0 Å². The summed E-state index contributed by atoms with van der Waals surface area (Å²) in [5, 5.41) is 9.05. The van der Waals surface area contributed by atoms with Gasteiger partial charge in [0, 0.05) is 38.3 Å². The van der Waals surface area contributed by atoms with Gasteiger partial charge < -0.3 is 20.5 Å². The number of hydrogen-bond acceptors (Lipinski definition) is 9. The summed E-state index contributed by atoms with van der Waals surface area (Å²) in [6, 6.07) is 6.75. The fourth-order valence-electron chi connectivity index (χ4n) is 2.99. The van der Waals surface area contributed by atoms with Crippen molar-refractivity contribution in [1.82, 2.24) is 20.3 Å². The number of benzene rings is 1. The van der Waals surface area contributed by atoms with E-state index >= 15 is 0 Å². The summed E-state index contributed by atoms with van der Waals surface area (Å²) in [4.78, 5) is 24.9. The highest BCUT2D eigenvalue weighted by atomic mass is 16.5. The number of hydrazine groups is 1. The minimum atomic E-state index is -0.320. The zero-order chi connectivity index (χ0) is 19.9. The van der Waals surface area contributed by atoms with Gasteiger partial charge in [0.15, 0.2) is 11.6 Å². The van der Waals surface area contributed by atoms with Crippen molar-refractivity contribution in [1.29, 1.82) is 0 Å². The lowest BCUT2D eigenvalue weighted by Gasteiger charge is -2.35. The van der Waals surface area contributed by atoms with Crippen LogP contribution >= 0.6 is 0 Å². The molecule has 0 saturated carbocycles. The van der Waals surface area contributed by atoms with Gasteiger partial charge in [-0.05, 0) is 24.3 Å². The molecule has 1 aliphatic heterocycles. The zero-order valence-corrected chi connectivity index (χ0v) is 15.8. The van der Waals surface area contributed by atoms with E-state index in [4.69, 9.17) is 15.6 Å². The van der Waals surface area contributed by atoms with Crippen molar-refractivity contribution in [2.75, 3.05) is 62.5 Å². The first-order valence-electron chi connectivity index (χ1n) is 9.01. The highest BCUT2D eigenvalue weighted by Crippen LogP contribution is 2.26. The summed E-state index contributed by atoms with van der Waals surface area (Å²) < 4.78 is 5.08. The maximum Gasteiger partial charge on any atom is 0.269 e. The summed E-state index contributed by atoms with van der Waals surface area (Å²) in [7, 11) is 1.57. The summed E-state index contributed by atoms with van der Waals surface area (Å²) in [5.41, 5.74) is 12.4. The van der Waals surface area contributed by atoms with Crippen molar-refractivity contribution in [3.05, 3.63) is 36.2 Å². The Bertz CT molecular complexity index is 792. The normalized spacial score (nSPS) is 14.6. The van der Waals surface area contributed by atoms with Crippen LogP contribution in [0.2, 0.25) is 0 Å². The molecule has 0 aliphatic carbocycles. The first kappa shape index (κ1) is 19.6. The molecule has 0 spiro atoms. The second-order valence-electron chi connectivity index (χ2n) is 6.32. The van der Waals surface area contributed by atoms with Crippen LogP contribution in [0.25, 0.3) is 0 Å². The Balaban J connectivity index is 1.62. The number of nitrogens with zero attached hydrogens (tertiary/aromatic N) is 4. The van der Waals surface area contributed by atoms with E-state index in [-0.39, 0.29) is 12.5 Å². The van der Waals surface area contributed by atoms with Gasteiger partial charge in [-0.2, -0.15) is 0 Å². The number of hydrogen-bond donors (Lipinski definition) is 4. The molecule has 28 heavy (non-hydrogen) atoms. The highest BCUT2D eigenvalue weighted by Gasteiger charge is 2.21. The number of aliphatic hydroxyl groups excluding tert-OH is 1. The van der Waals surface area contributed by atoms with Crippen molar-refractivity contribution in [2.24, 2.45) is 0 Å². The van der Waals surface area contributed by atoms with Gasteiger partial charge in [-0.25, -0.2) is 9.97 Å². The number of aliphatic hydroxyl groups is 1. The van der Waals surface area contributed by atoms with E-state index < -0.39 is 0 Å². The number of piperazine rings is 1. The van der Waals surface area contributed by atoms with Crippen LogP contribution in [0.5, 0.6) is 5.75 Å². The predicted octanol–water partition coefficient (Wildman–Crippen LogP) is -0.0614. The Morgan fingerprint density at radius 1 is 1.21 bits per heavy atom. The van der Waals surface area contributed by atoms with E-state index in [9.17, 15) is 4.79 Å². The molecule has 10 heteroatoms. The van der Waals surface area contributed by atoms with Crippen molar-refractivity contribution in [2.45, 2.75) is 0 Å². The second kappa shape index (κ2) is 9.20. The van der Waals surface area contributed by atoms with E-state index in [1.54, 1.807) is 31.4 Å². The number of aromatic nitrogens is 2. The van der Waals surface area contributed by atoms with Crippen LogP contribution in [0, 0.1) is 0 Å². The molecule has 1 aromatic carbocycles. The largest absolute Gasteiger partial charge is 0.497 e. The van der Waals surface area contributed by atoms with Crippen molar-refractivity contribution >= 4 is 23.2 Å². The number of amides is 1. The first-order chi connectivity index (χ1) is 13.6. The number of nitrogens with two attached hydrogens (primary N) is 1. The number of carbonyl (C=O) groups is 1. The number of methoxy groups -OCH3 is 1. The number of anilines is 3. The molecule has 0 bridgehead atoms. The van der Waals surface area contributed by atoms with Crippen LogP contribution in [0.3, 0.4) is 0 Å². The Labute approximate surface area is 163 Å². The SMILES string of the molecule is COc1ccc(C(=O)NNc2ncnc(N3CCN(CCO)CC3)c2N)cc1. The lowest BCUT2D eigenvalue weighted by atomic mass is 10.2. The number of β-amino-alcohol motifs (C(OH)–C–C–N with tert-alkyl or cyclic N) is 1. The molecule has 2 aromatic rings. The molecule has 1 saturated heterocycles. The Morgan fingerprint density at radius 2 is 1.93 bits per heavy atom. The van der Waals surface area contributed by atoms with Crippen LogP contribution in [-0.4, -0.2) is 72.3 Å². The van der Waals surface area contributed by atoms with Gasteiger partial charge in [0.25, 0.3) is 5.91 Å². The van der Waals surface area contributed by atoms with Gasteiger partial charge in [0.2, 0.25) is 0 Å². The fraction of sp³-hybridized carbons (Fsp3) is 0.389. The molecule has 1 amide bonds. The topological polar surface area (TPSA) is 129 Å². The molecule has 10 nitrogen and oxygen atoms in total. The number of rotatable bonds is 7. The smallest absolute Gasteiger partial charge is 0.269 e. The predicted molar refractivity (Wildman–Crippen MR) is 106 cm³/mol. The van der Waals surface area contributed by atoms with E-state index in [2.05, 4.69) is 30.6 Å². The molecule has 5 N–H and O–H groups in total. The molecule has 150 valence electrons. The van der Waals surface area contributed by atoms with Crippen LogP contribution in [0.15, 0.2) is 30.6 Å². The van der Waals surface area contributed by atoms with Gasteiger partial charge in [0.05, 0.1) is 13.7 Å². The molecule has 1 aromatic heterocycles. The fourth-order valence-corrected chi connectivity index (χ4v) is 2.99. The monoisotopic (exact) mass is 387 g/mol. The van der Waals surface area contributed by atoms with Gasteiger partial charge in [-0.15, -0.1) is 0 Å². The van der Waals surface area contributed by atoms with E-state index in [0.717, 1.165) is 26.2 Å². The number of carbonyl (C=O) groups excluding carboxylic acids is 1. The summed E-state index contributed by atoms with van der Waals surface area (Å²) in [5.74, 6) is 1.32. The second-order valence-corrected chi connectivity index (χ2v) is 6.32. The molecular weight excluding hydrogens is 362 g/mol. The van der Waals surface area contributed by atoms with Crippen LogP contribution in [0.1, 0.15) is 10.4 Å². The number of ether oxygens (including phenoxy) is 1. The third-order valence-corrected chi connectivity index (χ3v) is 4.60. The Kier molecular flexibility index (Phi) is 6.45. The van der Waals surface area contributed by atoms with E-state index in [0.29, 0.717) is 35.2 Å². The third-order valence-electron chi connectivity index (χ3n) is 4.60. The standard InChI is InChI=1S/C18H25N7O3/c1-28-14-4-2-13(3-5-14)18(27)23-22-16-15(19)17(21-12-20-16)25-8-6-24(7-9-25)10-11-26/h2-5,12,26H,6-11,19H2,1H3,(H,23,27)(H,20,21,22).